The van der Waals surface area contributed by atoms with Crippen LogP contribution in [0.2, 0.25) is 0 Å². The highest BCUT2D eigenvalue weighted by Gasteiger charge is 2.17. The summed E-state index contributed by atoms with van der Waals surface area (Å²) in [7, 11) is 0. The second kappa shape index (κ2) is 7.97. The van der Waals surface area contributed by atoms with Crippen LogP contribution in [0.15, 0.2) is 16.6 Å². The van der Waals surface area contributed by atoms with Gasteiger partial charge in [-0.15, -0.1) is 0 Å². The van der Waals surface area contributed by atoms with Crippen LogP contribution >= 0.6 is 15.9 Å². The van der Waals surface area contributed by atoms with Crippen LogP contribution in [-0.4, -0.2) is 23.7 Å². The Morgan fingerprint density at radius 3 is 2.67 bits per heavy atom. The number of carboxylic acid groups (broad SMARTS) is 1. The number of nitrogens with one attached hydrogen (secondary N) is 2. The number of benzene rings is 1. The van der Waals surface area contributed by atoms with Crippen molar-refractivity contribution in [1.29, 1.82) is 0 Å². The Bertz CT molecular complexity index is 537. The number of amides is 2. The Kier molecular flexibility index (Phi) is 6.61. The predicted octanol–water partition coefficient (Wildman–Crippen LogP) is 3.52. The van der Waals surface area contributed by atoms with E-state index in [-0.39, 0.29) is 11.0 Å². The first kappa shape index (κ1) is 17.4. The minimum absolute atomic E-state index is 0.0520. The molecule has 1 aromatic rings. The number of aryl methyl sites for hydroxylation is 1. The maximum atomic E-state index is 13.3. The second-order valence-electron chi connectivity index (χ2n) is 4.74. The molecule has 0 aliphatic heterocycles. The van der Waals surface area contributed by atoms with E-state index in [0.29, 0.717) is 17.7 Å². The SMILES string of the molecule is CCCC(CNC(=O)Nc1cc(Br)c(F)cc1C)C(=O)O. The van der Waals surface area contributed by atoms with E-state index in [1.807, 2.05) is 6.92 Å². The zero-order chi connectivity index (χ0) is 16.0. The Labute approximate surface area is 131 Å². The Balaban J connectivity index is 2.62. The number of urea groups is 1. The highest BCUT2D eigenvalue weighted by Crippen LogP contribution is 2.24. The van der Waals surface area contributed by atoms with Gasteiger partial charge < -0.3 is 15.7 Å². The van der Waals surface area contributed by atoms with Gasteiger partial charge in [0.1, 0.15) is 5.82 Å². The molecular formula is C14H18BrFN2O3. The van der Waals surface area contributed by atoms with E-state index in [1.54, 1.807) is 6.92 Å². The first-order valence-corrected chi connectivity index (χ1v) is 7.37. The van der Waals surface area contributed by atoms with E-state index >= 15 is 0 Å². The molecule has 0 radical (unpaired) electrons. The standard InChI is InChI=1S/C14H18BrFN2O3/c1-3-4-9(13(19)20)7-17-14(21)18-12-6-10(15)11(16)5-8(12)2/h5-6,9H,3-4,7H2,1-2H3,(H,19,20)(H2,17,18,21). The molecule has 0 aliphatic carbocycles. The van der Waals surface area contributed by atoms with Gasteiger partial charge in [-0.3, -0.25) is 4.79 Å². The molecule has 0 aromatic heterocycles. The van der Waals surface area contributed by atoms with E-state index < -0.39 is 23.7 Å². The van der Waals surface area contributed by atoms with Crippen LogP contribution in [0.25, 0.3) is 0 Å². The molecule has 0 spiro atoms. The summed E-state index contributed by atoms with van der Waals surface area (Å²) in [6.45, 7) is 3.61. The van der Waals surface area contributed by atoms with Crippen molar-refractivity contribution in [3.8, 4) is 0 Å². The van der Waals surface area contributed by atoms with Crippen molar-refractivity contribution in [3.05, 3.63) is 28.0 Å². The number of rotatable bonds is 6. The zero-order valence-corrected chi connectivity index (χ0v) is 13.5. The molecule has 0 heterocycles. The number of hydrogen-bond acceptors (Lipinski definition) is 2. The Hall–Kier alpha value is -1.63. The van der Waals surface area contributed by atoms with Gasteiger partial charge in [0.2, 0.25) is 0 Å². The Morgan fingerprint density at radius 1 is 1.43 bits per heavy atom. The quantitative estimate of drug-likeness (QED) is 0.726. The number of halogens is 2. The second-order valence-corrected chi connectivity index (χ2v) is 5.59. The van der Waals surface area contributed by atoms with E-state index in [2.05, 4.69) is 26.6 Å². The zero-order valence-electron chi connectivity index (χ0n) is 11.9. The normalized spacial score (nSPS) is 11.8. The smallest absolute Gasteiger partial charge is 0.319 e. The van der Waals surface area contributed by atoms with Gasteiger partial charge in [-0.05, 0) is 47.0 Å². The first-order chi connectivity index (χ1) is 9.85. The molecule has 1 atom stereocenters. The predicted molar refractivity (Wildman–Crippen MR) is 81.9 cm³/mol. The molecule has 0 bridgehead atoms. The lowest BCUT2D eigenvalue weighted by atomic mass is 10.0. The molecule has 0 saturated heterocycles. The summed E-state index contributed by atoms with van der Waals surface area (Å²) in [4.78, 5) is 22.7. The molecule has 5 nitrogen and oxygen atoms in total. The highest BCUT2D eigenvalue weighted by molar-refractivity contribution is 9.10. The number of anilines is 1. The van der Waals surface area contributed by atoms with Crippen LogP contribution in [0.4, 0.5) is 14.9 Å². The van der Waals surface area contributed by atoms with Crippen LogP contribution in [-0.2, 0) is 4.79 Å². The van der Waals surface area contributed by atoms with Crippen LogP contribution < -0.4 is 10.6 Å². The molecule has 3 N–H and O–H groups in total. The van der Waals surface area contributed by atoms with Gasteiger partial charge in [-0.25, -0.2) is 9.18 Å². The average Bonchev–Trinajstić information content (AvgIpc) is 2.40. The topological polar surface area (TPSA) is 78.4 Å². The summed E-state index contributed by atoms with van der Waals surface area (Å²) in [5, 5.41) is 14.1. The average molecular weight is 361 g/mol. The lowest BCUT2D eigenvalue weighted by molar-refractivity contribution is -0.141. The Morgan fingerprint density at radius 2 is 2.10 bits per heavy atom. The largest absolute Gasteiger partial charge is 0.481 e. The van der Waals surface area contributed by atoms with Gasteiger partial charge in [0.05, 0.1) is 10.4 Å². The lowest BCUT2D eigenvalue weighted by Gasteiger charge is -2.14. The van der Waals surface area contributed by atoms with E-state index in [9.17, 15) is 14.0 Å². The molecule has 0 saturated carbocycles. The van der Waals surface area contributed by atoms with Crippen LogP contribution in [0, 0.1) is 18.7 Å². The summed E-state index contributed by atoms with van der Waals surface area (Å²) in [5.41, 5.74) is 1.04. The van der Waals surface area contributed by atoms with Crippen molar-refractivity contribution in [3.63, 3.8) is 0 Å². The summed E-state index contributed by atoms with van der Waals surface area (Å²) in [6.07, 6.45) is 1.22. The van der Waals surface area contributed by atoms with Crippen molar-refractivity contribution >= 4 is 33.6 Å². The third-order valence-electron chi connectivity index (χ3n) is 3.01. The molecule has 1 aromatic carbocycles. The minimum Gasteiger partial charge on any atom is -0.481 e. The highest BCUT2D eigenvalue weighted by atomic mass is 79.9. The molecule has 7 heteroatoms. The van der Waals surface area contributed by atoms with Gasteiger partial charge in [-0.2, -0.15) is 0 Å². The molecular weight excluding hydrogens is 343 g/mol. The fraction of sp³-hybridized carbons (Fsp3) is 0.429. The number of carbonyl (C=O) groups is 2. The third kappa shape index (κ3) is 5.34. The van der Waals surface area contributed by atoms with E-state index in [0.717, 1.165) is 6.42 Å². The van der Waals surface area contributed by atoms with Crippen molar-refractivity contribution in [2.75, 3.05) is 11.9 Å². The van der Waals surface area contributed by atoms with Crippen LogP contribution in [0.5, 0.6) is 0 Å². The van der Waals surface area contributed by atoms with Crippen LogP contribution in [0.3, 0.4) is 0 Å². The van der Waals surface area contributed by atoms with Gasteiger partial charge in [0.25, 0.3) is 0 Å². The number of aliphatic carboxylic acids is 1. The summed E-state index contributed by atoms with van der Waals surface area (Å²) >= 11 is 3.05. The molecule has 2 amide bonds. The number of hydrogen-bond donors (Lipinski definition) is 3. The fourth-order valence-electron chi connectivity index (χ4n) is 1.82. The molecule has 0 aliphatic rings. The maximum absolute atomic E-state index is 13.3. The van der Waals surface area contributed by atoms with Crippen molar-refractivity contribution in [2.45, 2.75) is 26.7 Å². The number of carboxylic acids is 1. The van der Waals surface area contributed by atoms with Crippen molar-refractivity contribution < 1.29 is 19.1 Å². The van der Waals surface area contributed by atoms with Crippen LogP contribution in [0.1, 0.15) is 25.3 Å². The first-order valence-electron chi connectivity index (χ1n) is 6.58. The molecule has 21 heavy (non-hydrogen) atoms. The summed E-state index contributed by atoms with van der Waals surface area (Å²) in [5.74, 6) is -1.95. The summed E-state index contributed by atoms with van der Waals surface area (Å²) in [6, 6.07) is 2.25. The fourth-order valence-corrected chi connectivity index (χ4v) is 2.17. The molecule has 1 unspecified atom stereocenters. The summed E-state index contributed by atoms with van der Waals surface area (Å²) < 4.78 is 13.5. The van der Waals surface area contributed by atoms with E-state index in [4.69, 9.17) is 5.11 Å². The van der Waals surface area contributed by atoms with Crippen molar-refractivity contribution in [2.24, 2.45) is 5.92 Å². The van der Waals surface area contributed by atoms with Gasteiger partial charge in [-0.1, -0.05) is 13.3 Å². The lowest BCUT2D eigenvalue weighted by Crippen LogP contribution is -2.35. The van der Waals surface area contributed by atoms with E-state index in [1.165, 1.54) is 12.1 Å². The van der Waals surface area contributed by atoms with Crippen molar-refractivity contribution in [1.82, 2.24) is 5.32 Å². The molecule has 116 valence electrons. The third-order valence-corrected chi connectivity index (χ3v) is 3.62. The maximum Gasteiger partial charge on any atom is 0.319 e. The van der Waals surface area contributed by atoms with Gasteiger partial charge in [0.15, 0.2) is 0 Å². The number of carbonyl (C=O) groups excluding carboxylic acids is 1. The minimum atomic E-state index is -0.933. The van der Waals surface area contributed by atoms with Gasteiger partial charge in [0, 0.05) is 12.2 Å². The monoisotopic (exact) mass is 360 g/mol. The molecule has 0 fully saturated rings. The van der Waals surface area contributed by atoms with Gasteiger partial charge >= 0.3 is 12.0 Å². The molecule has 1 rings (SSSR count).